The van der Waals surface area contributed by atoms with E-state index in [9.17, 15) is 4.79 Å². The summed E-state index contributed by atoms with van der Waals surface area (Å²) in [5.41, 5.74) is 0. The highest BCUT2D eigenvalue weighted by Gasteiger charge is 2.17. The van der Waals surface area contributed by atoms with E-state index in [0.717, 1.165) is 6.54 Å². The fourth-order valence-electron chi connectivity index (χ4n) is 2.80. The van der Waals surface area contributed by atoms with Crippen molar-refractivity contribution in [2.45, 2.75) is 84.0 Å². The van der Waals surface area contributed by atoms with Gasteiger partial charge in [-0.05, 0) is 12.8 Å². The summed E-state index contributed by atoms with van der Waals surface area (Å²) in [5, 5.41) is 2.87. The Morgan fingerprint density at radius 2 is 1.60 bits per heavy atom. The van der Waals surface area contributed by atoms with E-state index in [1.54, 1.807) is 0 Å². The smallest absolute Gasteiger partial charge is 0.220 e. The maximum Gasteiger partial charge on any atom is 0.220 e. The van der Waals surface area contributed by atoms with Crippen LogP contribution in [0.4, 0.5) is 0 Å². The predicted octanol–water partition coefficient (Wildman–Crippen LogP) is 4.99. The Hall–Kier alpha value is -0.790. The second-order valence-corrected chi connectivity index (χ2v) is 6.17. The average Bonchev–Trinajstić information content (AvgIpc) is 2.86. The number of carbonyl (C=O) groups is 1. The fourth-order valence-corrected chi connectivity index (χ4v) is 2.80. The molecule has 1 amide bonds. The van der Waals surface area contributed by atoms with Crippen molar-refractivity contribution in [1.82, 2.24) is 5.32 Å². The second-order valence-electron chi connectivity index (χ2n) is 6.17. The van der Waals surface area contributed by atoms with Crippen molar-refractivity contribution in [3.05, 3.63) is 12.2 Å². The quantitative estimate of drug-likeness (QED) is 0.396. The molecule has 0 aromatic rings. The van der Waals surface area contributed by atoms with Gasteiger partial charge in [-0.15, -0.1) is 0 Å². The highest BCUT2D eigenvalue weighted by Crippen LogP contribution is 2.13. The number of amides is 1. The lowest BCUT2D eigenvalue weighted by Crippen LogP contribution is -2.13. The number of allylic oxidation sites excluding steroid dienone is 1. The van der Waals surface area contributed by atoms with Crippen LogP contribution in [0.3, 0.4) is 0 Å². The minimum atomic E-state index is 0.207. The van der Waals surface area contributed by atoms with E-state index in [1.165, 1.54) is 70.6 Å². The van der Waals surface area contributed by atoms with E-state index < -0.39 is 0 Å². The predicted molar refractivity (Wildman–Crippen MR) is 86.7 cm³/mol. The Bertz CT molecular complexity index is 273. The number of carbonyl (C=O) groups excluding carboxylic acids is 1. The first-order valence-electron chi connectivity index (χ1n) is 8.76. The molecule has 1 aliphatic rings. The molecule has 0 radical (unpaired) electrons. The van der Waals surface area contributed by atoms with Crippen LogP contribution in [0.25, 0.3) is 0 Å². The number of rotatable bonds is 12. The molecule has 1 N–H and O–H groups in total. The zero-order valence-electron chi connectivity index (χ0n) is 13.3. The van der Waals surface area contributed by atoms with E-state index in [1.807, 2.05) is 0 Å². The first-order valence-corrected chi connectivity index (χ1v) is 8.76. The lowest BCUT2D eigenvalue weighted by molar-refractivity contribution is -0.119. The third-order valence-corrected chi connectivity index (χ3v) is 4.14. The molecule has 1 rings (SSSR count). The van der Waals surface area contributed by atoms with Gasteiger partial charge in [0.15, 0.2) is 0 Å². The molecule has 0 aromatic carbocycles. The van der Waals surface area contributed by atoms with Crippen molar-refractivity contribution in [2.24, 2.45) is 5.92 Å². The summed E-state index contributed by atoms with van der Waals surface area (Å²) in [6.07, 6.45) is 20.3. The van der Waals surface area contributed by atoms with Gasteiger partial charge in [-0.25, -0.2) is 0 Å². The van der Waals surface area contributed by atoms with Crippen molar-refractivity contribution >= 4 is 5.91 Å². The minimum absolute atomic E-state index is 0.207. The summed E-state index contributed by atoms with van der Waals surface area (Å²) in [7, 11) is 0. The first kappa shape index (κ1) is 17.3. The SMILES string of the molecule is CCCCCCCCCCCCC=CC1CNC(=O)C1. The lowest BCUT2D eigenvalue weighted by Gasteiger charge is -2.01. The van der Waals surface area contributed by atoms with Gasteiger partial charge in [0.1, 0.15) is 0 Å². The highest BCUT2D eigenvalue weighted by atomic mass is 16.1. The van der Waals surface area contributed by atoms with Gasteiger partial charge in [0.2, 0.25) is 5.91 Å². The van der Waals surface area contributed by atoms with Gasteiger partial charge in [0, 0.05) is 18.9 Å². The molecule has 1 aliphatic heterocycles. The van der Waals surface area contributed by atoms with Crippen LogP contribution in [0.5, 0.6) is 0 Å². The zero-order valence-corrected chi connectivity index (χ0v) is 13.3. The maximum atomic E-state index is 11.0. The first-order chi connectivity index (χ1) is 9.83. The highest BCUT2D eigenvalue weighted by molar-refractivity contribution is 5.78. The number of unbranched alkanes of at least 4 members (excludes halogenated alkanes) is 10. The topological polar surface area (TPSA) is 29.1 Å². The molecule has 1 unspecified atom stereocenters. The minimum Gasteiger partial charge on any atom is -0.355 e. The third kappa shape index (κ3) is 9.17. The van der Waals surface area contributed by atoms with Gasteiger partial charge in [-0.2, -0.15) is 0 Å². The van der Waals surface area contributed by atoms with Crippen LogP contribution in [0.15, 0.2) is 12.2 Å². The number of hydrogen-bond donors (Lipinski definition) is 1. The van der Waals surface area contributed by atoms with Gasteiger partial charge >= 0.3 is 0 Å². The normalized spacial score (nSPS) is 18.9. The average molecular weight is 279 g/mol. The van der Waals surface area contributed by atoms with Gasteiger partial charge in [0.05, 0.1) is 0 Å². The summed E-state index contributed by atoms with van der Waals surface area (Å²) in [6.45, 7) is 3.11. The molecular formula is C18H33NO. The van der Waals surface area contributed by atoms with Crippen LogP contribution in [0, 0.1) is 5.92 Å². The molecule has 2 nitrogen and oxygen atoms in total. The van der Waals surface area contributed by atoms with Crippen LogP contribution in [0.1, 0.15) is 84.0 Å². The molecule has 1 fully saturated rings. The van der Waals surface area contributed by atoms with Crippen molar-refractivity contribution in [2.75, 3.05) is 6.54 Å². The molecule has 1 atom stereocenters. The summed E-state index contributed by atoms with van der Waals surface area (Å²) < 4.78 is 0. The molecule has 0 bridgehead atoms. The zero-order chi connectivity index (χ0) is 14.5. The Balaban J connectivity index is 1.78. The summed E-state index contributed by atoms with van der Waals surface area (Å²) in [5.74, 6) is 0.657. The van der Waals surface area contributed by atoms with E-state index in [2.05, 4.69) is 24.4 Å². The molecule has 116 valence electrons. The Labute approximate surface area is 125 Å². The summed E-state index contributed by atoms with van der Waals surface area (Å²) >= 11 is 0. The molecule has 20 heavy (non-hydrogen) atoms. The largest absolute Gasteiger partial charge is 0.355 e. The molecule has 2 heteroatoms. The van der Waals surface area contributed by atoms with Crippen molar-refractivity contribution in [3.63, 3.8) is 0 Å². The van der Waals surface area contributed by atoms with Gasteiger partial charge in [-0.1, -0.05) is 76.9 Å². The van der Waals surface area contributed by atoms with Crippen LogP contribution < -0.4 is 5.32 Å². The van der Waals surface area contributed by atoms with E-state index >= 15 is 0 Å². The molecule has 1 heterocycles. The number of nitrogens with one attached hydrogen (secondary N) is 1. The van der Waals surface area contributed by atoms with E-state index in [4.69, 9.17) is 0 Å². The molecule has 0 saturated carbocycles. The van der Waals surface area contributed by atoms with Crippen LogP contribution in [-0.4, -0.2) is 12.5 Å². The lowest BCUT2D eigenvalue weighted by atomic mass is 10.0. The summed E-state index contributed by atoms with van der Waals surface area (Å²) in [4.78, 5) is 11.0. The van der Waals surface area contributed by atoms with Crippen LogP contribution in [-0.2, 0) is 4.79 Å². The molecule has 1 saturated heterocycles. The maximum absolute atomic E-state index is 11.0. The van der Waals surface area contributed by atoms with Crippen LogP contribution >= 0.6 is 0 Å². The Morgan fingerprint density at radius 3 is 2.15 bits per heavy atom. The Kier molecular flexibility index (Phi) is 10.3. The molecule has 0 spiro atoms. The van der Waals surface area contributed by atoms with Crippen LogP contribution in [0.2, 0.25) is 0 Å². The van der Waals surface area contributed by atoms with E-state index in [0.29, 0.717) is 12.3 Å². The van der Waals surface area contributed by atoms with Gasteiger partial charge in [0.25, 0.3) is 0 Å². The molecule has 0 aromatic heterocycles. The van der Waals surface area contributed by atoms with E-state index in [-0.39, 0.29) is 5.91 Å². The van der Waals surface area contributed by atoms with Crippen molar-refractivity contribution in [1.29, 1.82) is 0 Å². The molecule has 0 aliphatic carbocycles. The Morgan fingerprint density at radius 1 is 1.00 bits per heavy atom. The third-order valence-electron chi connectivity index (χ3n) is 4.14. The van der Waals surface area contributed by atoms with Gasteiger partial charge < -0.3 is 5.32 Å². The second kappa shape index (κ2) is 12.0. The molecular weight excluding hydrogens is 246 g/mol. The van der Waals surface area contributed by atoms with Crippen molar-refractivity contribution < 1.29 is 4.79 Å². The summed E-state index contributed by atoms with van der Waals surface area (Å²) in [6, 6.07) is 0. The fraction of sp³-hybridized carbons (Fsp3) is 0.833. The number of hydrogen-bond acceptors (Lipinski definition) is 1. The van der Waals surface area contributed by atoms with Crippen molar-refractivity contribution in [3.8, 4) is 0 Å². The standard InChI is InChI=1S/C18H33NO/c1-2-3-4-5-6-7-8-9-10-11-12-13-14-17-15-18(20)19-16-17/h13-14,17H,2-12,15-16H2,1H3,(H,19,20). The monoisotopic (exact) mass is 279 g/mol. The van der Waals surface area contributed by atoms with Gasteiger partial charge in [-0.3, -0.25) is 4.79 Å².